The van der Waals surface area contributed by atoms with Crippen LogP contribution < -0.4 is 31.3 Å². The number of hydrogen-bond donors (Lipinski definition) is 10. The third-order valence-electron chi connectivity index (χ3n) is 17.0. The SMILES string of the molecule is CCC[C@H](CCC(=O)[C@H](CCC(=O)O)NC(=O)C(C)(C)C(=O)NCCc1cnc[nH]1)C(=O)CN[C@@H](CCCCNC(=O)COCCOCCCC(=O)COCCOCCNC(=O)CC[C@H](CC(=O)CCCCCCCCCOc1ccc(C(=O)O)cc1)C(=O)O)C(=O)C[C@@H](CCC(=O)O)C(C)=O. The number of imidazole rings is 1. The smallest absolute Gasteiger partial charge is 0.335 e. The maximum absolute atomic E-state index is 13.8. The summed E-state index contributed by atoms with van der Waals surface area (Å²) in [6.45, 7) is 7.29. The Kier molecular flexibility index (Phi) is 47.2. The zero-order valence-electron chi connectivity index (χ0n) is 59.9. The van der Waals surface area contributed by atoms with Gasteiger partial charge in [0.1, 0.15) is 47.5 Å². The molecule has 102 heavy (non-hydrogen) atoms. The molecule has 1 heterocycles. The van der Waals surface area contributed by atoms with E-state index >= 15 is 0 Å². The first-order valence-corrected chi connectivity index (χ1v) is 35.6. The van der Waals surface area contributed by atoms with Gasteiger partial charge in [0.15, 0.2) is 11.6 Å². The lowest BCUT2D eigenvalue weighted by atomic mass is 9.88. The van der Waals surface area contributed by atoms with Gasteiger partial charge in [-0.25, -0.2) is 9.78 Å². The van der Waals surface area contributed by atoms with Crippen molar-refractivity contribution in [2.45, 2.75) is 207 Å². The molecule has 1 aromatic carbocycles. The lowest BCUT2D eigenvalue weighted by Gasteiger charge is -2.26. The van der Waals surface area contributed by atoms with Gasteiger partial charge in [0, 0.05) is 108 Å². The Labute approximate surface area is 597 Å². The van der Waals surface area contributed by atoms with Gasteiger partial charge in [0.2, 0.25) is 23.6 Å². The number of aromatic amines is 1. The largest absolute Gasteiger partial charge is 0.494 e. The van der Waals surface area contributed by atoms with Gasteiger partial charge in [-0.05, 0) is 116 Å². The molecular formula is C72H111N7O23. The summed E-state index contributed by atoms with van der Waals surface area (Å²) >= 11 is 0. The lowest BCUT2D eigenvalue weighted by Crippen LogP contribution is -2.52. The Balaban J connectivity index is 1.63. The maximum Gasteiger partial charge on any atom is 0.335 e. The van der Waals surface area contributed by atoms with Crippen LogP contribution in [0.5, 0.6) is 5.75 Å². The standard InChI is InChI=1S/C72H111N7O23/c1-5-16-51(22-28-61(83)60(27-31-67(90)91)79-71(97)72(3,4)70(96)76-34-32-55-45-73-49-78-55)63(85)46-77-59(62(84)44-53(50(2)80)24-30-66(88)89)19-12-13-33-74-65(87)48-101-42-39-98-36-15-18-57(82)47-100-41-40-99-38-35-75-64(86)29-23-54(69(94)95)43-56(81)17-11-9-7-6-8-10-14-37-102-58-25-20-52(21-26-58)68(92)93/h20-21,25-26,45,49,51,53-54,59-60,77H,5-19,22-24,27-44,46-48H2,1-4H3,(H,73,78)(H,74,87)(H,75,86)(H,76,96)(H,79,97)(H,88,89)(H,90,91)(H,92,93)(H,94,95)/t51-,53-,54-,59+,60+/m1/s1. The molecule has 0 aliphatic rings. The number of ketones is 6. The van der Waals surface area contributed by atoms with E-state index in [1.54, 1.807) is 18.3 Å². The number of unbranched alkanes of at least 4 members (excludes halogenated alkanes) is 7. The molecule has 0 saturated heterocycles. The number of benzene rings is 1. The van der Waals surface area contributed by atoms with E-state index in [0.717, 1.165) is 44.2 Å². The van der Waals surface area contributed by atoms with E-state index in [4.69, 9.17) is 28.8 Å². The number of carbonyl (C=O) groups excluding carboxylic acids is 10. The van der Waals surface area contributed by atoms with E-state index in [2.05, 4.69) is 36.6 Å². The molecule has 0 radical (unpaired) electrons. The number of carboxylic acids is 4. The van der Waals surface area contributed by atoms with Crippen LogP contribution in [-0.2, 0) is 87.7 Å². The van der Waals surface area contributed by atoms with E-state index < -0.39 is 94.8 Å². The molecule has 30 heteroatoms. The number of Topliss-reactive ketones (excluding diaryl/α,β-unsaturated/α-hetero) is 6. The van der Waals surface area contributed by atoms with Crippen molar-refractivity contribution in [2.24, 2.45) is 23.2 Å². The summed E-state index contributed by atoms with van der Waals surface area (Å²) in [6.07, 6.45) is 10.9. The normalized spacial score (nSPS) is 12.8. The fraction of sp³-hybridized carbons (Fsp3) is 0.681. The van der Waals surface area contributed by atoms with Crippen molar-refractivity contribution in [3.05, 3.63) is 48.0 Å². The number of ether oxygens (including phenoxy) is 5. The van der Waals surface area contributed by atoms with E-state index in [1.807, 2.05) is 6.92 Å². The molecular weight excluding hydrogens is 1330 g/mol. The van der Waals surface area contributed by atoms with Crippen LogP contribution in [0, 0.1) is 23.2 Å². The molecule has 0 saturated carbocycles. The third kappa shape index (κ3) is 42.3. The molecule has 0 spiro atoms. The molecule has 0 aliphatic heterocycles. The summed E-state index contributed by atoms with van der Waals surface area (Å²) in [4.78, 5) is 183. The second kappa shape index (κ2) is 53.6. The van der Waals surface area contributed by atoms with Crippen molar-refractivity contribution in [1.29, 1.82) is 0 Å². The van der Waals surface area contributed by atoms with Crippen LogP contribution in [0.3, 0.4) is 0 Å². The van der Waals surface area contributed by atoms with Crippen molar-refractivity contribution in [1.82, 2.24) is 36.6 Å². The average molecular weight is 1440 g/mol. The van der Waals surface area contributed by atoms with Crippen LogP contribution in [-0.4, -0.2) is 210 Å². The van der Waals surface area contributed by atoms with Gasteiger partial charge >= 0.3 is 23.9 Å². The molecule has 10 N–H and O–H groups in total. The summed E-state index contributed by atoms with van der Waals surface area (Å²) in [5.74, 6) is -10.4. The van der Waals surface area contributed by atoms with Gasteiger partial charge in [-0.3, -0.25) is 62.3 Å². The fourth-order valence-electron chi connectivity index (χ4n) is 10.7. The summed E-state index contributed by atoms with van der Waals surface area (Å²) in [6, 6.07) is 4.06. The Morgan fingerprint density at radius 3 is 1.77 bits per heavy atom. The number of nitrogens with one attached hydrogen (secondary N) is 6. The monoisotopic (exact) mass is 1440 g/mol. The first-order valence-electron chi connectivity index (χ1n) is 35.6. The van der Waals surface area contributed by atoms with E-state index in [-0.39, 0.29) is 191 Å². The quantitative estimate of drug-likeness (QED) is 0.0271. The molecule has 0 bridgehead atoms. The molecule has 30 nitrogen and oxygen atoms in total. The molecule has 0 unspecified atom stereocenters. The van der Waals surface area contributed by atoms with Crippen LogP contribution in [0.1, 0.15) is 204 Å². The first kappa shape index (κ1) is 89.9. The number of aromatic nitrogens is 2. The third-order valence-corrected chi connectivity index (χ3v) is 17.0. The van der Waals surface area contributed by atoms with Crippen molar-refractivity contribution in [3.8, 4) is 5.75 Å². The Morgan fingerprint density at radius 1 is 0.510 bits per heavy atom. The summed E-state index contributed by atoms with van der Waals surface area (Å²) in [5.41, 5.74) is -0.679. The zero-order chi connectivity index (χ0) is 75.5. The van der Waals surface area contributed by atoms with E-state index in [0.29, 0.717) is 57.3 Å². The van der Waals surface area contributed by atoms with Crippen LogP contribution in [0.15, 0.2) is 36.8 Å². The van der Waals surface area contributed by atoms with E-state index in [9.17, 15) is 82.4 Å². The predicted molar refractivity (Wildman–Crippen MR) is 371 cm³/mol. The number of hydrogen-bond acceptors (Lipinski definition) is 21. The Bertz CT molecular complexity index is 2900. The lowest BCUT2D eigenvalue weighted by molar-refractivity contribution is -0.144. The van der Waals surface area contributed by atoms with Gasteiger partial charge in [-0.2, -0.15) is 0 Å². The molecule has 2 rings (SSSR count). The number of rotatable bonds is 66. The highest BCUT2D eigenvalue weighted by Gasteiger charge is 2.38. The number of aliphatic carboxylic acids is 3. The van der Waals surface area contributed by atoms with Crippen molar-refractivity contribution < 1.29 is 111 Å². The molecule has 1 aromatic heterocycles. The number of carboxylic acid groups (broad SMARTS) is 4. The Morgan fingerprint density at radius 2 is 1.13 bits per heavy atom. The van der Waals surface area contributed by atoms with Crippen LogP contribution in [0.25, 0.3) is 0 Å². The predicted octanol–water partition coefficient (Wildman–Crippen LogP) is 5.92. The van der Waals surface area contributed by atoms with Gasteiger partial charge in [-0.15, -0.1) is 0 Å². The summed E-state index contributed by atoms with van der Waals surface area (Å²) < 4.78 is 27.4. The second-order valence-corrected chi connectivity index (χ2v) is 25.9. The average Bonchev–Trinajstić information content (AvgIpc) is 0.881. The fourth-order valence-corrected chi connectivity index (χ4v) is 10.7. The highest BCUT2D eigenvalue weighted by Crippen LogP contribution is 2.23. The van der Waals surface area contributed by atoms with Gasteiger partial charge in [-0.1, -0.05) is 45.4 Å². The molecule has 5 atom stereocenters. The minimum absolute atomic E-state index is 0.0260. The van der Waals surface area contributed by atoms with Crippen LogP contribution in [0.4, 0.5) is 0 Å². The molecule has 2 aromatic rings. The molecule has 572 valence electrons. The first-order chi connectivity index (χ1) is 48.7. The minimum atomic E-state index is -1.64. The number of carbonyl (C=O) groups is 14. The Hall–Kier alpha value is -8.19. The molecule has 4 amide bonds. The summed E-state index contributed by atoms with van der Waals surface area (Å²) in [5, 5.41) is 51.0. The maximum atomic E-state index is 13.8. The molecule has 0 aliphatic carbocycles. The highest BCUT2D eigenvalue weighted by molar-refractivity contribution is 6.05. The van der Waals surface area contributed by atoms with Gasteiger partial charge in [0.05, 0.1) is 76.1 Å². The number of aromatic carboxylic acids is 1. The number of amides is 4. The van der Waals surface area contributed by atoms with Crippen molar-refractivity contribution >= 4 is 82.2 Å². The second-order valence-electron chi connectivity index (χ2n) is 25.9. The molecule has 0 fully saturated rings. The highest BCUT2D eigenvalue weighted by atomic mass is 16.5. The van der Waals surface area contributed by atoms with Crippen LogP contribution >= 0.6 is 0 Å². The number of H-pyrrole nitrogens is 1. The van der Waals surface area contributed by atoms with Crippen molar-refractivity contribution in [2.75, 3.05) is 85.6 Å². The minimum Gasteiger partial charge on any atom is -0.494 e. The van der Waals surface area contributed by atoms with Crippen LogP contribution in [0.2, 0.25) is 0 Å². The summed E-state index contributed by atoms with van der Waals surface area (Å²) in [7, 11) is 0. The topological polar surface area (TPSA) is 455 Å². The number of nitrogens with zero attached hydrogens (tertiary/aromatic N) is 1. The zero-order valence-corrected chi connectivity index (χ0v) is 59.9. The van der Waals surface area contributed by atoms with E-state index in [1.165, 1.54) is 39.2 Å². The van der Waals surface area contributed by atoms with Gasteiger partial charge in [0.25, 0.3) is 0 Å². The van der Waals surface area contributed by atoms with Crippen molar-refractivity contribution in [3.63, 3.8) is 0 Å². The van der Waals surface area contributed by atoms with Gasteiger partial charge < -0.3 is 75.7 Å².